The maximum Gasteiger partial charge on any atom is 0.274 e. The number of aromatic amines is 1. The van der Waals surface area contributed by atoms with Crippen LogP contribution in [0.4, 0.5) is 11.6 Å². The van der Waals surface area contributed by atoms with Gasteiger partial charge in [0.2, 0.25) is 5.95 Å². The first kappa shape index (κ1) is 18.7. The molecule has 3 N–H and O–H groups in total. The van der Waals surface area contributed by atoms with Gasteiger partial charge in [0.1, 0.15) is 0 Å². The van der Waals surface area contributed by atoms with Gasteiger partial charge < -0.3 is 10.6 Å². The summed E-state index contributed by atoms with van der Waals surface area (Å²) < 4.78 is 1.35. The Bertz CT molecular complexity index is 1180. The molecule has 0 saturated heterocycles. The highest BCUT2D eigenvalue weighted by atomic mass is 16.1. The second-order valence-corrected chi connectivity index (χ2v) is 7.04. The monoisotopic (exact) mass is 388 g/mol. The van der Waals surface area contributed by atoms with E-state index in [-0.39, 0.29) is 5.56 Å². The number of anilines is 2. The van der Waals surface area contributed by atoms with Gasteiger partial charge in [-0.25, -0.2) is 4.98 Å². The van der Waals surface area contributed by atoms with E-state index in [1.807, 2.05) is 25.1 Å². The Balaban J connectivity index is 1.46. The number of aromatic nitrogens is 4. The fourth-order valence-corrected chi connectivity index (χ4v) is 3.12. The van der Waals surface area contributed by atoms with Crippen molar-refractivity contribution in [3.63, 3.8) is 0 Å². The van der Waals surface area contributed by atoms with Gasteiger partial charge in [-0.1, -0.05) is 43.3 Å². The average molecular weight is 388 g/mol. The second-order valence-electron chi connectivity index (χ2n) is 7.04. The third-order valence-electron chi connectivity index (χ3n) is 4.77. The molecule has 0 bridgehead atoms. The van der Waals surface area contributed by atoms with Crippen molar-refractivity contribution in [2.45, 2.75) is 33.4 Å². The number of fused-ring (bicyclic) bond motifs is 1. The first-order chi connectivity index (χ1) is 14.1. The Morgan fingerprint density at radius 1 is 0.966 bits per heavy atom. The van der Waals surface area contributed by atoms with Gasteiger partial charge in [-0.05, 0) is 42.2 Å². The number of aryl methyl sites for hydroxylation is 2. The van der Waals surface area contributed by atoms with Gasteiger partial charge in [0.25, 0.3) is 11.3 Å². The number of nitrogens with zero attached hydrogens (tertiary/aromatic N) is 3. The topological polar surface area (TPSA) is 87.1 Å². The molecule has 0 aliphatic rings. The Labute approximate surface area is 168 Å². The number of nitrogens with one attached hydrogen (secondary N) is 3. The lowest BCUT2D eigenvalue weighted by Gasteiger charge is -2.06. The first-order valence-corrected chi connectivity index (χ1v) is 9.71. The summed E-state index contributed by atoms with van der Waals surface area (Å²) in [5.41, 5.74) is 5.07. The fourth-order valence-electron chi connectivity index (χ4n) is 3.12. The molecule has 7 heteroatoms. The van der Waals surface area contributed by atoms with Crippen LogP contribution in [0.3, 0.4) is 0 Å². The minimum atomic E-state index is -0.191. The van der Waals surface area contributed by atoms with E-state index in [1.54, 1.807) is 0 Å². The fraction of sp³-hybridized carbons (Fsp3) is 0.227. The molecule has 2 aromatic carbocycles. The van der Waals surface area contributed by atoms with Crippen molar-refractivity contribution in [2.75, 3.05) is 10.6 Å². The minimum absolute atomic E-state index is 0.191. The standard InChI is InChI=1S/C22H24N6O/c1-3-16-7-9-17(10-8-16)13-24-21-26-22-25-19(12-20(29)28(22)27-21)14-23-18-6-4-5-15(2)11-18/h4-12,23H,3,13-14H2,1-2H3,(H2,24,25,26,27). The zero-order valence-corrected chi connectivity index (χ0v) is 16.6. The molecule has 2 heterocycles. The quantitative estimate of drug-likeness (QED) is 0.451. The Hall–Kier alpha value is -3.61. The Morgan fingerprint density at radius 2 is 1.76 bits per heavy atom. The van der Waals surface area contributed by atoms with Crippen LogP contribution in [0.25, 0.3) is 5.78 Å². The number of rotatable bonds is 7. The summed E-state index contributed by atoms with van der Waals surface area (Å²) >= 11 is 0. The van der Waals surface area contributed by atoms with Crippen molar-refractivity contribution in [1.29, 1.82) is 0 Å². The van der Waals surface area contributed by atoms with Crippen LogP contribution in [0.15, 0.2) is 59.4 Å². The molecule has 29 heavy (non-hydrogen) atoms. The maximum atomic E-state index is 12.4. The van der Waals surface area contributed by atoms with Crippen LogP contribution in [-0.2, 0) is 19.5 Å². The number of hydrogen-bond donors (Lipinski definition) is 3. The molecule has 4 rings (SSSR count). The molecule has 0 amide bonds. The van der Waals surface area contributed by atoms with E-state index in [1.165, 1.54) is 21.7 Å². The molecule has 4 aromatic rings. The van der Waals surface area contributed by atoms with Crippen molar-refractivity contribution < 1.29 is 0 Å². The normalized spacial score (nSPS) is 11.0. The van der Waals surface area contributed by atoms with Crippen LogP contribution < -0.4 is 16.2 Å². The molecule has 148 valence electrons. The summed E-state index contributed by atoms with van der Waals surface area (Å²) in [6, 6.07) is 18.0. The maximum absolute atomic E-state index is 12.4. The number of H-pyrrole nitrogens is 1. The van der Waals surface area contributed by atoms with Crippen LogP contribution in [0, 0.1) is 6.92 Å². The average Bonchev–Trinajstić information content (AvgIpc) is 3.15. The Kier molecular flexibility index (Phi) is 5.29. The molecule has 0 aliphatic carbocycles. The van der Waals surface area contributed by atoms with Crippen LogP contribution in [0.2, 0.25) is 0 Å². The van der Waals surface area contributed by atoms with Gasteiger partial charge in [0.15, 0.2) is 0 Å². The van der Waals surface area contributed by atoms with E-state index in [0.29, 0.717) is 30.5 Å². The Morgan fingerprint density at radius 3 is 2.52 bits per heavy atom. The van der Waals surface area contributed by atoms with Crippen LogP contribution in [0.1, 0.15) is 29.3 Å². The van der Waals surface area contributed by atoms with Gasteiger partial charge in [-0.3, -0.25) is 9.89 Å². The van der Waals surface area contributed by atoms with Crippen molar-refractivity contribution in [3.05, 3.63) is 87.3 Å². The third-order valence-corrected chi connectivity index (χ3v) is 4.77. The molecule has 0 atom stereocenters. The molecular formula is C22H24N6O. The molecule has 0 spiro atoms. The molecule has 0 saturated carbocycles. The molecule has 2 aromatic heterocycles. The SMILES string of the molecule is CCc1ccc(CNc2nc3nc(CNc4cccc(C)c4)cc(=O)n3[nH]2)cc1. The van der Waals surface area contributed by atoms with E-state index in [9.17, 15) is 4.79 Å². The second kappa shape index (κ2) is 8.18. The molecule has 7 nitrogen and oxygen atoms in total. The molecular weight excluding hydrogens is 364 g/mol. The van der Waals surface area contributed by atoms with Crippen molar-refractivity contribution >= 4 is 17.4 Å². The predicted molar refractivity (Wildman–Crippen MR) is 115 cm³/mol. The number of hydrogen-bond acceptors (Lipinski definition) is 5. The lowest BCUT2D eigenvalue weighted by Crippen LogP contribution is -2.17. The largest absolute Gasteiger partial charge is 0.379 e. The van der Waals surface area contributed by atoms with E-state index < -0.39 is 0 Å². The van der Waals surface area contributed by atoms with Crippen LogP contribution >= 0.6 is 0 Å². The van der Waals surface area contributed by atoms with Gasteiger partial charge in [0.05, 0.1) is 12.2 Å². The van der Waals surface area contributed by atoms with Crippen molar-refractivity contribution in [2.24, 2.45) is 0 Å². The summed E-state index contributed by atoms with van der Waals surface area (Å²) in [4.78, 5) is 21.3. The van der Waals surface area contributed by atoms with Crippen LogP contribution in [-0.4, -0.2) is 19.6 Å². The molecule has 0 fully saturated rings. The summed E-state index contributed by atoms with van der Waals surface area (Å²) in [5, 5.41) is 9.47. The molecule has 0 aliphatic heterocycles. The summed E-state index contributed by atoms with van der Waals surface area (Å²) in [6.07, 6.45) is 1.02. The van der Waals surface area contributed by atoms with Gasteiger partial charge in [-0.15, -0.1) is 0 Å². The smallest absolute Gasteiger partial charge is 0.274 e. The highest BCUT2D eigenvalue weighted by Gasteiger charge is 2.08. The summed E-state index contributed by atoms with van der Waals surface area (Å²) in [5.74, 6) is 0.861. The highest BCUT2D eigenvalue weighted by Crippen LogP contribution is 2.11. The van der Waals surface area contributed by atoms with E-state index in [2.05, 4.69) is 63.0 Å². The van der Waals surface area contributed by atoms with E-state index >= 15 is 0 Å². The zero-order chi connectivity index (χ0) is 20.2. The van der Waals surface area contributed by atoms with E-state index in [4.69, 9.17) is 0 Å². The van der Waals surface area contributed by atoms with Crippen molar-refractivity contribution in [3.8, 4) is 0 Å². The predicted octanol–water partition coefficient (Wildman–Crippen LogP) is 3.51. The lowest BCUT2D eigenvalue weighted by atomic mass is 10.1. The van der Waals surface area contributed by atoms with Gasteiger partial charge >= 0.3 is 0 Å². The van der Waals surface area contributed by atoms with Gasteiger partial charge in [-0.2, -0.15) is 9.50 Å². The third kappa shape index (κ3) is 4.45. The highest BCUT2D eigenvalue weighted by molar-refractivity contribution is 5.46. The van der Waals surface area contributed by atoms with E-state index in [0.717, 1.165) is 17.7 Å². The van der Waals surface area contributed by atoms with Crippen molar-refractivity contribution in [1.82, 2.24) is 19.6 Å². The first-order valence-electron chi connectivity index (χ1n) is 9.71. The lowest BCUT2D eigenvalue weighted by molar-refractivity contribution is 0.874. The zero-order valence-electron chi connectivity index (χ0n) is 16.6. The summed E-state index contributed by atoms with van der Waals surface area (Å²) in [7, 11) is 0. The summed E-state index contributed by atoms with van der Waals surface area (Å²) in [6.45, 7) is 5.24. The molecule has 0 radical (unpaired) electrons. The minimum Gasteiger partial charge on any atom is -0.379 e. The molecule has 0 unspecified atom stereocenters. The number of benzene rings is 2. The van der Waals surface area contributed by atoms with Crippen LogP contribution in [0.5, 0.6) is 0 Å². The van der Waals surface area contributed by atoms with Gasteiger partial charge in [0, 0.05) is 18.3 Å².